The molecule has 2 saturated heterocycles. The number of hydrogen-bond acceptors (Lipinski definition) is 5. The molecule has 2 aliphatic rings. The Kier molecular flexibility index (Phi) is 5.55. The maximum Gasteiger partial charge on any atom is 0.253 e. The summed E-state index contributed by atoms with van der Waals surface area (Å²) in [4.78, 5) is 14.9. The monoisotopic (exact) mass is 381 g/mol. The molecule has 2 aliphatic heterocycles. The average Bonchev–Trinajstić information content (AvgIpc) is 2.98. The molecule has 0 radical (unpaired) electrons. The molecule has 0 spiro atoms. The van der Waals surface area contributed by atoms with Crippen molar-refractivity contribution in [2.75, 3.05) is 47.4 Å². The zero-order valence-electron chi connectivity index (χ0n) is 15.6. The van der Waals surface area contributed by atoms with E-state index in [2.05, 4.69) is 5.32 Å². The molecule has 0 unspecified atom stereocenters. The minimum absolute atomic E-state index is 0.0201. The second kappa shape index (κ2) is 7.54. The standard InChI is InChI=1S/C18H27N3O4S/c1-20(2)26(23,24)17-10-13(4-5-16(17)25-3)18(22)21-8-6-14-11-19-12-15(14)7-9-21/h4-5,10,14-15,19H,6-9,11-12H2,1-3H3/t14-,15+. The molecule has 144 valence electrons. The Labute approximate surface area is 155 Å². The second-order valence-corrected chi connectivity index (χ2v) is 9.32. The third-order valence-electron chi connectivity index (χ3n) is 5.48. The fourth-order valence-electron chi connectivity index (χ4n) is 3.81. The molecule has 0 bridgehead atoms. The summed E-state index contributed by atoms with van der Waals surface area (Å²) in [5.41, 5.74) is 0.386. The number of sulfonamides is 1. The van der Waals surface area contributed by atoms with Crippen molar-refractivity contribution in [1.29, 1.82) is 0 Å². The lowest BCUT2D eigenvalue weighted by atomic mass is 9.92. The van der Waals surface area contributed by atoms with Crippen LogP contribution in [0.4, 0.5) is 0 Å². The molecule has 2 atom stereocenters. The van der Waals surface area contributed by atoms with Crippen molar-refractivity contribution in [3.05, 3.63) is 23.8 Å². The third kappa shape index (κ3) is 3.58. The van der Waals surface area contributed by atoms with E-state index in [0.717, 1.165) is 30.2 Å². The number of fused-ring (bicyclic) bond motifs is 1. The van der Waals surface area contributed by atoms with Crippen LogP contribution in [0.1, 0.15) is 23.2 Å². The maximum absolute atomic E-state index is 13.0. The van der Waals surface area contributed by atoms with E-state index in [1.54, 1.807) is 12.1 Å². The highest BCUT2D eigenvalue weighted by molar-refractivity contribution is 7.89. The van der Waals surface area contributed by atoms with E-state index < -0.39 is 10.0 Å². The molecular weight excluding hydrogens is 354 g/mol. The van der Waals surface area contributed by atoms with Crippen molar-refractivity contribution in [2.24, 2.45) is 11.8 Å². The summed E-state index contributed by atoms with van der Waals surface area (Å²) in [6.07, 6.45) is 1.98. The van der Waals surface area contributed by atoms with Gasteiger partial charge in [-0.1, -0.05) is 0 Å². The van der Waals surface area contributed by atoms with Crippen molar-refractivity contribution < 1.29 is 17.9 Å². The highest BCUT2D eigenvalue weighted by Gasteiger charge is 2.32. The molecule has 26 heavy (non-hydrogen) atoms. The van der Waals surface area contributed by atoms with E-state index in [4.69, 9.17) is 4.74 Å². The van der Waals surface area contributed by atoms with Crippen molar-refractivity contribution in [3.8, 4) is 5.75 Å². The number of rotatable bonds is 4. The van der Waals surface area contributed by atoms with Crippen LogP contribution in [-0.2, 0) is 10.0 Å². The highest BCUT2D eigenvalue weighted by atomic mass is 32.2. The second-order valence-electron chi connectivity index (χ2n) is 7.20. The van der Waals surface area contributed by atoms with Crippen molar-refractivity contribution in [1.82, 2.24) is 14.5 Å². The summed E-state index contributed by atoms with van der Waals surface area (Å²) in [7, 11) is 0.653. The van der Waals surface area contributed by atoms with Crippen molar-refractivity contribution in [2.45, 2.75) is 17.7 Å². The largest absolute Gasteiger partial charge is 0.495 e. The number of benzene rings is 1. The van der Waals surface area contributed by atoms with E-state index in [0.29, 0.717) is 30.5 Å². The first-order chi connectivity index (χ1) is 12.3. The molecule has 0 saturated carbocycles. The van der Waals surface area contributed by atoms with Gasteiger partial charge in [0, 0.05) is 32.7 Å². The normalized spacial score (nSPS) is 23.6. The lowest BCUT2D eigenvalue weighted by molar-refractivity contribution is 0.0758. The Bertz CT molecular complexity index is 765. The first-order valence-electron chi connectivity index (χ1n) is 8.95. The van der Waals surface area contributed by atoms with Crippen molar-refractivity contribution in [3.63, 3.8) is 0 Å². The molecule has 3 rings (SSSR count). The first-order valence-corrected chi connectivity index (χ1v) is 10.4. The van der Waals surface area contributed by atoms with Crippen molar-refractivity contribution >= 4 is 15.9 Å². The van der Waals surface area contributed by atoms with Gasteiger partial charge in [-0.3, -0.25) is 4.79 Å². The molecular formula is C18H27N3O4S. The zero-order valence-corrected chi connectivity index (χ0v) is 16.4. The number of carbonyl (C=O) groups is 1. The first kappa shape index (κ1) is 19.1. The van der Waals surface area contributed by atoms with Gasteiger partial charge in [0.15, 0.2) is 0 Å². The van der Waals surface area contributed by atoms with Crippen LogP contribution in [0.25, 0.3) is 0 Å². The predicted octanol–water partition coefficient (Wildman–Crippen LogP) is 1.02. The molecule has 2 fully saturated rings. The molecule has 1 aromatic rings. The number of amides is 1. The van der Waals surface area contributed by atoms with E-state index in [1.807, 2.05) is 4.90 Å². The molecule has 1 amide bonds. The molecule has 2 heterocycles. The number of hydrogen-bond donors (Lipinski definition) is 1. The Balaban J connectivity index is 1.86. The number of carbonyl (C=O) groups excluding carboxylic acids is 1. The highest BCUT2D eigenvalue weighted by Crippen LogP contribution is 2.30. The summed E-state index contributed by atoms with van der Waals surface area (Å²) in [5, 5.41) is 3.43. The van der Waals surface area contributed by atoms with Gasteiger partial charge in [-0.2, -0.15) is 0 Å². The van der Waals surface area contributed by atoms with Crippen LogP contribution in [0, 0.1) is 11.8 Å². The molecule has 8 heteroatoms. The predicted molar refractivity (Wildman–Crippen MR) is 98.9 cm³/mol. The van der Waals surface area contributed by atoms with Gasteiger partial charge in [-0.05, 0) is 56.0 Å². The van der Waals surface area contributed by atoms with Gasteiger partial charge in [0.1, 0.15) is 10.6 Å². The molecule has 1 N–H and O–H groups in total. The quantitative estimate of drug-likeness (QED) is 0.842. The smallest absolute Gasteiger partial charge is 0.253 e. The molecule has 0 aromatic heterocycles. The summed E-state index contributed by atoms with van der Waals surface area (Å²) in [6, 6.07) is 4.63. The van der Waals surface area contributed by atoms with Gasteiger partial charge in [0.05, 0.1) is 7.11 Å². The van der Waals surface area contributed by atoms with E-state index in [-0.39, 0.29) is 16.6 Å². The Morgan fingerprint density at radius 2 is 1.81 bits per heavy atom. The minimum Gasteiger partial charge on any atom is -0.495 e. The fourth-order valence-corrected chi connectivity index (χ4v) is 4.89. The molecule has 1 aromatic carbocycles. The average molecular weight is 381 g/mol. The minimum atomic E-state index is -3.70. The summed E-state index contributed by atoms with van der Waals surface area (Å²) >= 11 is 0. The van der Waals surface area contributed by atoms with Gasteiger partial charge in [-0.25, -0.2) is 12.7 Å². The van der Waals surface area contributed by atoms with Gasteiger partial charge in [0.2, 0.25) is 10.0 Å². The van der Waals surface area contributed by atoms with Crippen LogP contribution in [0.5, 0.6) is 5.75 Å². The van der Waals surface area contributed by atoms with Crippen LogP contribution in [0.15, 0.2) is 23.1 Å². The van der Waals surface area contributed by atoms with Crippen LogP contribution in [0.3, 0.4) is 0 Å². The number of methoxy groups -OCH3 is 1. The Morgan fingerprint density at radius 3 is 2.35 bits per heavy atom. The van der Waals surface area contributed by atoms with E-state index >= 15 is 0 Å². The lowest BCUT2D eigenvalue weighted by Gasteiger charge is -2.22. The third-order valence-corrected chi connectivity index (χ3v) is 7.31. The number of likely N-dealkylation sites (tertiary alicyclic amines) is 1. The lowest BCUT2D eigenvalue weighted by Crippen LogP contribution is -2.33. The van der Waals surface area contributed by atoms with Crippen LogP contribution in [-0.4, -0.2) is 70.9 Å². The van der Waals surface area contributed by atoms with Gasteiger partial charge >= 0.3 is 0 Å². The zero-order chi connectivity index (χ0) is 18.9. The van der Waals surface area contributed by atoms with Gasteiger partial charge < -0.3 is 15.0 Å². The van der Waals surface area contributed by atoms with Gasteiger partial charge in [-0.15, -0.1) is 0 Å². The number of nitrogens with one attached hydrogen (secondary N) is 1. The topological polar surface area (TPSA) is 79.0 Å². The number of ether oxygens (including phenoxy) is 1. The van der Waals surface area contributed by atoms with Gasteiger partial charge in [0.25, 0.3) is 5.91 Å². The number of nitrogens with zero attached hydrogens (tertiary/aromatic N) is 2. The van der Waals surface area contributed by atoms with Crippen LogP contribution in [0.2, 0.25) is 0 Å². The fraction of sp³-hybridized carbons (Fsp3) is 0.611. The Hall–Kier alpha value is -1.64. The maximum atomic E-state index is 13.0. The van der Waals surface area contributed by atoms with Crippen LogP contribution < -0.4 is 10.1 Å². The summed E-state index contributed by atoms with van der Waals surface area (Å²) in [5.74, 6) is 1.39. The summed E-state index contributed by atoms with van der Waals surface area (Å²) in [6.45, 7) is 3.48. The SMILES string of the molecule is COc1ccc(C(=O)N2CC[C@@H]3CNC[C@@H]3CC2)cc1S(=O)(=O)N(C)C. The van der Waals surface area contributed by atoms with Crippen LogP contribution >= 0.6 is 0 Å². The Morgan fingerprint density at radius 1 is 1.19 bits per heavy atom. The van der Waals surface area contributed by atoms with E-state index in [9.17, 15) is 13.2 Å². The van der Waals surface area contributed by atoms with E-state index in [1.165, 1.54) is 27.3 Å². The molecule has 0 aliphatic carbocycles. The summed E-state index contributed by atoms with van der Waals surface area (Å²) < 4.78 is 31.4. The molecule has 7 nitrogen and oxygen atoms in total.